The van der Waals surface area contributed by atoms with Crippen molar-refractivity contribution < 1.29 is 4.79 Å². The normalized spacial score (nSPS) is 10.6. The summed E-state index contributed by atoms with van der Waals surface area (Å²) in [4.78, 5) is 14.4. The van der Waals surface area contributed by atoms with E-state index in [0.717, 1.165) is 5.69 Å². The van der Waals surface area contributed by atoms with Gasteiger partial charge in [0.05, 0.1) is 5.69 Å². The second kappa shape index (κ2) is 5.34. The monoisotopic (exact) mass is 250 g/mol. The molecule has 0 radical (unpaired) electrons. The Balaban J connectivity index is 2.47. The maximum atomic E-state index is 10.5. The standard InChI is InChI=1S/C8H12Cl2N4O/c1-14-5(7(9)13-8(14)10)4-12-3-2-6(11)15/h12H,2-4H2,1H3,(H2,11,15). The molecule has 1 rings (SSSR count). The molecule has 1 amide bonds. The first-order chi connectivity index (χ1) is 7.02. The maximum Gasteiger partial charge on any atom is 0.218 e. The van der Waals surface area contributed by atoms with E-state index in [2.05, 4.69) is 10.3 Å². The summed E-state index contributed by atoms with van der Waals surface area (Å²) in [6, 6.07) is 0. The first-order valence-corrected chi connectivity index (χ1v) is 5.13. The zero-order valence-corrected chi connectivity index (χ0v) is 9.77. The number of primary amides is 1. The fourth-order valence-electron chi connectivity index (χ4n) is 1.08. The van der Waals surface area contributed by atoms with Crippen molar-refractivity contribution in [3.63, 3.8) is 0 Å². The molecule has 7 heteroatoms. The van der Waals surface area contributed by atoms with Crippen molar-refractivity contribution in [2.45, 2.75) is 13.0 Å². The number of carbonyl (C=O) groups excluding carboxylic acids is 1. The molecule has 84 valence electrons. The van der Waals surface area contributed by atoms with Gasteiger partial charge in [0.15, 0.2) is 5.15 Å². The van der Waals surface area contributed by atoms with Crippen molar-refractivity contribution in [2.75, 3.05) is 6.54 Å². The fraction of sp³-hybridized carbons (Fsp3) is 0.500. The molecule has 5 nitrogen and oxygen atoms in total. The molecule has 0 aliphatic heterocycles. The fourth-order valence-corrected chi connectivity index (χ4v) is 1.58. The molecule has 0 bridgehead atoms. The Morgan fingerprint density at radius 3 is 2.73 bits per heavy atom. The molecular formula is C8H12Cl2N4O. The Morgan fingerprint density at radius 1 is 1.60 bits per heavy atom. The number of aromatic nitrogens is 2. The molecule has 0 saturated carbocycles. The van der Waals surface area contributed by atoms with Gasteiger partial charge in [-0.1, -0.05) is 11.6 Å². The molecule has 0 aromatic carbocycles. The van der Waals surface area contributed by atoms with E-state index in [1.165, 1.54) is 0 Å². The first kappa shape index (κ1) is 12.3. The molecule has 0 aliphatic carbocycles. The van der Waals surface area contributed by atoms with Crippen LogP contribution in [0.1, 0.15) is 12.1 Å². The van der Waals surface area contributed by atoms with Crippen LogP contribution in [0.25, 0.3) is 0 Å². The number of hydrogen-bond acceptors (Lipinski definition) is 3. The number of nitrogens with two attached hydrogens (primary N) is 1. The van der Waals surface area contributed by atoms with E-state index in [0.29, 0.717) is 29.9 Å². The van der Waals surface area contributed by atoms with Gasteiger partial charge in [-0.2, -0.15) is 0 Å². The summed E-state index contributed by atoms with van der Waals surface area (Å²) in [7, 11) is 1.77. The van der Waals surface area contributed by atoms with E-state index in [-0.39, 0.29) is 5.91 Å². The number of nitrogens with zero attached hydrogens (tertiary/aromatic N) is 2. The minimum absolute atomic E-state index is 0.295. The molecule has 0 atom stereocenters. The van der Waals surface area contributed by atoms with Crippen molar-refractivity contribution in [1.82, 2.24) is 14.9 Å². The van der Waals surface area contributed by atoms with Crippen LogP contribution in [0, 0.1) is 0 Å². The SMILES string of the molecule is Cn1c(Cl)nc(Cl)c1CNCCC(N)=O. The molecule has 0 saturated heterocycles. The van der Waals surface area contributed by atoms with Crippen molar-refractivity contribution in [2.24, 2.45) is 12.8 Å². The molecule has 0 unspecified atom stereocenters. The summed E-state index contributed by atoms with van der Waals surface area (Å²) in [6.07, 6.45) is 0.295. The molecule has 1 heterocycles. The maximum absolute atomic E-state index is 10.5. The lowest BCUT2D eigenvalue weighted by molar-refractivity contribution is -0.117. The van der Waals surface area contributed by atoms with Gasteiger partial charge in [0.1, 0.15) is 0 Å². The van der Waals surface area contributed by atoms with Gasteiger partial charge < -0.3 is 15.6 Å². The van der Waals surface area contributed by atoms with E-state index in [1.807, 2.05) is 0 Å². The molecule has 3 N–H and O–H groups in total. The van der Waals surface area contributed by atoms with Gasteiger partial charge in [-0.05, 0) is 11.6 Å². The minimum atomic E-state index is -0.336. The average Bonchev–Trinajstić information content (AvgIpc) is 2.37. The lowest BCUT2D eigenvalue weighted by Crippen LogP contribution is -2.22. The Morgan fingerprint density at radius 2 is 2.27 bits per heavy atom. The van der Waals surface area contributed by atoms with Gasteiger partial charge in [0.25, 0.3) is 0 Å². The third kappa shape index (κ3) is 3.37. The van der Waals surface area contributed by atoms with Crippen LogP contribution in [0.5, 0.6) is 0 Å². The molecule has 0 spiro atoms. The second-order valence-electron chi connectivity index (χ2n) is 3.07. The van der Waals surface area contributed by atoms with Crippen LogP contribution in [-0.4, -0.2) is 22.0 Å². The highest BCUT2D eigenvalue weighted by Gasteiger charge is 2.10. The summed E-state index contributed by atoms with van der Waals surface area (Å²) < 4.78 is 1.68. The lowest BCUT2D eigenvalue weighted by Gasteiger charge is -2.04. The van der Waals surface area contributed by atoms with Gasteiger partial charge in [-0.15, -0.1) is 0 Å². The number of rotatable bonds is 5. The lowest BCUT2D eigenvalue weighted by atomic mass is 10.4. The highest BCUT2D eigenvalue weighted by molar-refractivity contribution is 6.32. The number of carbonyl (C=O) groups is 1. The zero-order chi connectivity index (χ0) is 11.4. The summed E-state index contributed by atoms with van der Waals surface area (Å²) >= 11 is 11.6. The summed E-state index contributed by atoms with van der Waals surface area (Å²) in [5, 5.41) is 3.73. The summed E-state index contributed by atoms with van der Waals surface area (Å²) in [6.45, 7) is 1.01. The van der Waals surface area contributed by atoms with Crippen LogP contribution >= 0.6 is 23.2 Å². The van der Waals surface area contributed by atoms with E-state index >= 15 is 0 Å². The Kier molecular flexibility index (Phi) is 4.38. The minimum Gasteiger partial charge on any atom is -0.370 e. The number of hydrogen-bond donors (Lipinski definition) is 2. The van der Waals surface area contributed by atoms with Crippen LogP contribution in [0.3, 0.4) is 0 Å². The van der Waals surface area contributed by atoms with Crippen LogP contribution in [0.15, 0.2) is 0 Å². The van der Waals surface area contributed by atoms with Gasteiger partial charge in [0.2, 0.25) is 11.2 Å². The van der Waals surface area contributed by atoms with Crippen molar-refractivity contribution in [3.8, 4) is 0 Å². The quantitative estimate of drug-likeness (QED) is 0.756. The number of amides is 1. The Labute approximate surface area is 97.6 Å². The molecule has 1 aromatic rings. The van der Waals surface area contributed by atoms with Gasteiger partial charge in [-0.25, -0.2) is 4.98 Å². The van der Waals surface area contributed by atoms with E-state index in [4.69, 9.17) is 28.9 Å². The van der Waals surface area contributed by atoms with E-state index < -0.39 is 0 Å². The highest BCUT2D eigenvalue weighted by Crippen LogP contribution is 2.18. The van der Waals surface area contributed by atoms with Crippen molar-refractivity contribution in [1.29, 1.82) is 0 Å². The number of nitrogens with one attached hydrogen (secondary N) is 1. The van der Waals surface area contributed by atoms with Crippen LogP contribution in [0.4, 0.5) is 0 Å². The predicted octanol–water partition coefficient (Wildman–Crippen LogP) is 0.692. The average molecular weight is 251 g/mol. The van der Waals surface area contributed by atoms with Crippen LogP contribution in [0.2, 0.25) is 10.4 Å². The van der Waals surface area contributed by atoms with Gasteiger partial charge >= 0.3 is 0 Å². The molecule has 0 fully saturated rings. The van der Waals surface area contributed by atoms with E-state index in [9.17, 15) is 4.79 Å². The number of halogens is 2. The van der Waals surface area contributed by atoms with Crippen molar-refractivity contribution in [3.05, 3.63) is 16.1 Å². The summed E-state index contributed by atoms with van der Waals surface area (Å²) in [5.74, 6) is -0.336. The zero-order valence-electron chi connectivity index (χ0n) is 8.26. The third-order valence-electron chi connectivity index (χ3n) is 1.95. The Bertz CT molecular complexity index is 364. The molecule has 0 aliphatic rings. The smallest absolute Gasteiger partial charge is 0.218 e. The highest BCUT2D eigenvalue weighted by atomic mass is 35.5. The topological polar surface area (TPSA) is 72.9 Å². The van der Waals surface area contributed by atoms with Gasteiger partial charge in [0, 0.05) is 26.6 Å². The number of imidazole rings is 1. The van der Waals surface area contributed by atoms with Gasteiger partial charge in [-0.3, -0.25) is 4.79 Å². The molecular weight excluding hydrogens is 239 g/mol. The Hall–Kier alpha value is -0.780. The predicted molar refractivity (Wildman–Crippen MR) is 58.7 cm³/mol. The first-order valence-electron chi connectivity index (χ1n) is 4.38. The molecule has 1 aromatic heterocycles. The summed E-state index contributed by atoms with van der Waals surface area (Å²) in [5.41, 5.74) is 5.78. The second-order valence-corrected chi connectivity index (χ2v) is 3.77. The largest absolute Gasteiger partial charge is 0.370 e. The molecule has 15 heavy (non-hydrogen) atoms. The van der Waals surface area contributed by atoms with Crippen LogP contribution in [-0.2, 0) is 18.4 Å². The third-order valence-corrected chi connectivity index (χ3v) is 2.59. The van der Waals surface area contributed by atoms with E-state index in [1.54, 1.807) is 11.6 Å². The van der Waals surface area contributed by atoms with Crippen molar-refractivity contribution >= 4 is 29.1 Å². The van der Waals surface area contributed by atoms with Crippen LogP contribution < -0.4 is 11.1 Å².